The predicted molar refractivity (Wildman–Crippen MR) is 287 cm³/mol. The number of likely N-dealkylation sites (N-methyl/N-ethyl adjacent to an activating group) is 1. The maximum atomic E-state index is 12.8. The van der Waals surface area contributed by atoms with Crippen molar-refractivity contribution in [2.45, 2.75) is 315 Å². The third-order valence-electron chi connectivity index (χ3n) is 13.6. The van der Waals surface area contributed by atoms with E-state index in [0.717, 1.165) is 32.1 Å². The van der Waals surface area contributed by atoms with E-state index in [-0.39, 0.29) is 32.0 Å². The molecular formula is C58H116NO8P. The number of nitrogens with zero attached hydrogens (tertiary/aromatic N) is 1. The molecule has 0 aromatic heterocycles. The molecule has 0 heterocycles. The van der Waals surface area contributed by atoms with Crippen LogP contribution in [0.1, 0.15) is 309 Å². The third-order valence-corrected chi connectivity index (χ3v) is 14.6. The highest BCUT2D eigenvalue weighted by atomic mass is 31.2. The second kappa shape index (κ2) is 50.9. The van der Waals surface area contributed by atoms with Gasteiger partial charge >= 0.3 is 11.9 Å². The highest BCUT2D eigenvalue weighted by molar-refractivity contribution is 7.45. The van der Waals surface area contributed by atoms with E-state index in [1.54, 1.807) is 0 Å². The van der Waals surface area contributed by atoms with Crippen LogP contribution in [0.4, 0.5) is 0 Å². The zero-order chi connectivity index (χ0) is 49.9. The fourth-order valence-corrected chi connectivity index (χ4v) is 9.74. The Morgan fingerprint density at radius 3 is 0.941 bits per heavy atom. The number of esters is 2. The van der Waals surface area contributed by atoms with Crippen LogP contribution < -0.4 is 4.89 Å². The van der Waals surface area contributed by atoms with E-state index in [1.165, 1.54) is 244 Å². The first-order chi connectivity index (χ1) is 33.0. The lowest BCUT2D eigenvalue weighted by molar-refractivity contribution is -0.870. The third kappa shape index (κ3) is 54.3. The van der Waals surface area contributed by atoms with Gasteiger partial charge in [0.15, 0.2) is 6.10 Å². The molecule has 406 valence electrons. The summed E-state index contributed by atoms with van der Waals surface area (Å²) in [5.41, 5.74) is 0. The fourth-order valence-electron chi connectivity index (χ4n) is 9.01. The van der Waals surface area contributed by atoms with Gasteiger partial charge in [-0.25, -0.2) is 0 Å². The molecule has 0 aliphatic rings. The van der Waals surface area contributed by atoms with Gasteiger partial charge in [0.05, 0.1) is 27.7 Å². The van der Waals surface area contributed by atoms with Crippen molar-refractivity contribution in [2.24, 2.45) is 0 Å². The first-order valence-corrected chi connectivity index (χ1v) is 31.2. The summed E-state index contributed by atoms with van der Waals surface area (Å²) in [5, 5.41) is 0. The summed E-state index contributed by atoms with van der Waals surface area (Å²) >= 11 is 0. The molecule has 9 nitrogen and oxygen atoms in total. The number of carbonyl (C=O) groups is 2. The van der Waals surface area contributed by atoms with E-state index in [4.69, 9.17) is 18.5 Å². The predicted octanol–water partition coefficient (Wildman–Crippen LogP) is 17.6. The number of unbranched alkanes of at least 4 members (excludes halogenated alkanes) is 42. The highest BCUT2D eigenvalue weighted by Crippen LogP contribution is 2.38. The van der Waals surface area contributed by atoms with Crippen molar-refractivity contribution in [2.75, 3.05) is 47.5 Å². The van der Waals surface area contributed by atoms with Gasteiger partial charge in [0.2, 0.25) is 0 Å². The number of phosphoric acid groups is 1. The Hall–Kier alpha value is -0.990. The number of carbonyl (C=O) groups excluding carboxylic acids is 2. The molecule has 0 aromatic rings. The Balaban J connectivity index is 4.08. The maximum Gasteiger partial charge on any atom is 0.306 e. The van der Waals surface area contributed by atoms with Gasteiger partial charge in [0, 0.05) is 12.8 Å². The van der Waals surface area contributed by atoms with Gasteiger partial charge in [-0.05, 0) is 12.8 Å². The second-order valence-electron chi connectivity index (χ2n) is 21.7. The smallest absolute Gasteiger partial charge is 0.306 e. The highest BCUT2D eigenvalue weighted by Gasteiger charge is 2.22. The Morgan fingerprint density at radius 1 is 0.397 bits per heavy atom. The lowest BCUT2D eigenvalue weighted by Gasteiger charge is -2.28. The van der Waals surface area contributed by atoms with Gasteiger partial charge in [-0.15, -0.1) is 0 Å². The standard InChI is InChI=1S/C58H116NO8P/c1-6-8-10-12-14-16-18-20-22-24-26-27-28-29-30-31-33-35-37-39-41-43-45-47-49-51-58(61)67-56(55-66-68(62,63)65-53-52-59(3,4)5)54-64-57(60)50-48-46-44-42-40-38-36-34-32-25-23-21-19-17-15-13-11-9-7-2/h56H,6-55H2,1-5H3. The fraction of sp³-hybridized carbons (Fsp3) is 0.966. The van der Waals surface area contributed by atoms with Gasteiger partial charge in [0.25, 0.3) is 7.82 Å². The Labute approximate surface area is 423 Å². The summed E-state index contributed by atoms with van der Waals surface area (Å²) in [6.07, 6.45) is 57.2. The summed E-state index contributed by atoms with van der Waals surface area (Å²) in [5.74, 6) is -0.808. The monoisotopic (exact) mass is 986 g/mol. The molecule has 10 heteroatoms. The summed E-state index contributed by atoms with van der Waals surface area (Å²) in [6, 6.07) is 0. The largest absolute Gasteiger partial charge is 0.756 e. The van der Waals surface area contributed by atoms with Crippen molar-refractivity contribution in [3.05, 3.63) is 0 Å². The summed E-state index contributed by atoms with van der Waals surface area (Å²) < 4.78 is 34.2. The molecule has 0 bridgehead atoms. The molecule has 0 fully saturated rings. The Kier molecular flexibility index (Phi) is 50.2. The first kappa shape index (κ1) is 67.0. The van der Waals surface area contributed by atoms with Crippen molar-refractivity contribution in [3.8, 4) is 0 Å². The van der Waals surface area contributed by atoms with Crippen molar-refractivity contribution in [3.63, 3.8) is 0 Å². The molecule has 0 aromatic carbocycles. The SMILES string of the molecule is CCCCCCCCCCCCCCCCCCCCCCCCCCCC(=O)OC(COC(=O)CCCCCCCCCCCCCCCCCCCCC)COP(=O)([O-])OCC[N+](C)(C)C. The van der Waals surface area contributed by atoms with E-state index < -0.39 is 26.5 Å². The van der Waals surface area contributed by atoms with Crippen LogP contribution in [0.2, 0.25) is 0 Å². The number of ether oxygens (including phenoxy) is 2. The molecule has 0 spiro atoms. The lowest BCUT2D eigenvalue weighted by atomic mass is 10.0. The summed E-state index contributed by atoms with van der Waals surface area (Å²) in [6.45, 7) is 4.32. The van der Waals surface area contributed by atoms with Crippen LogP contribution in [0, 0.1) is 0 Å². The average Bonchev–Trinajstić information content (AvgIpc) is 3.30. The minimum Gasteiger partial charge on any atom is -0.756 e. The average molecular weight is 987 g/mol. The molecule has 0 aliphatic carbocycles. The van der Waals surface area contributed by atoms with E-state index in [2.05, 4.69) is 13.8 Å². The zero-order valence-electron chi connectivity index (χ0n) is 46.1. The molecule has 0 aliphatic heterocycles. The Morgan fingerprint density at radius 2 is 0.662 bits per heavy atom. The molecule has 68 heavy (non-hydrogen) atoms. The molecule has 0 N–H and O–H groups in total. The molecule has 0 saturated carbocycles. The maximum absolute atomic E-state index is 12.8. The van der Waals surface area contributed by atoms with Gasteiger partial charge in [-0.3, -0.25) is 14.2 Å². The Bertz CT molecular complexity index is 1120. The van der Waals surface area contributed by atoms with Crippen LogP contribution >= 0.6 is 7.82 Å². The summed E-state index contributed by atoms with van der Waals surface area (Å²) in [7, 11) is 1.19. The van der Waals surface area contributed by atoms with E-state index >= 15 is 0 Å². The van der Waals surface area contributed by atoms with Gasteiger partial charge in [-0.2, -0.15) is 0 Å². The van der Waals surface area contributed by atoms with Gasteiger partial charge in [-0.1, -0.05) is 284 Å². The molecular weight excluding hydrogens is 870 g/mol. The van der Waals surface area contributed by atoms with E-state index in [1.807, 2.05) is 21.1 Å². The van der Waals surface area contributed by atoms with Crippen molar-refractivity contribution in [1.29, 1.82) is 0 Å². The molecule has 0 rings (SSSR count). The number of hydrogen-bond acceptors (Lipinski definition) is 8. The van der Waals surface area contributed by atoms with Crippen LogP contribution in [-0.4, -0.2) is 70.0 Å². The van der Waals surface area contributed by atoms with Crippen molar-refractivity contribution < 1.29 is 42.1 Å². The summed E-state index contributed by atoms with van der Waals surface area (Å²) in [4.78, 5) is 37.9. The van der Waals surface area contributed by atoms with Crippen molar-refractivity contribution >= 4 is 19.8 Å². The quantitative estimate of drug-likeness (QED) is 0.0256. The minimum absolute atomic E-state index is 0.0251. The first-order valence-electron chi connectivity index (χ1n) is 29.7. The van der Waals surface area contributed by atoms with Crippen molar-refractivity contribution in [1.82, 2.24) is 0 Å². The van der Waals surface area contributed by atoms with Crippen LogP contribution in [0.3, 0.4) is 0 Å². The topological polar surface area (TPSA) is 111 Å². The number of hydrogen-bond donors (Lipinski definition) is 0. The van der Waals surface area contributed by atoms with Crippen LogP contribution in [-0.2, 0) is 32.7 Å². The van der Waals surface area contributed by atoms with Crippen LogP contribution in [0.25, 0.3) is 0 Å². The number of rotatable bonds is 56. The molecule has 2 unspecified atom stereocenters. The molecule has 0 radical (unpaired) electrons. The van der Waals surface area contributed by atoms with Gasteiger partial charge in [0.1, 0.15) is 19.8 Å². The van der Waals surface area contributed by atoms with Gasteiger partial charge < -0.3 is 27.9 Å². The lowest BCUT2D eigenvalue weighted by Crippen LogP contribution is -2.37. The normalized spacial score (nSPS) is 13.2. The van der Waals surface area contributed by atoms with E-state index in [9.17, 15) is 19.0 Å². The molecule has 2 atom stereocenters. The van der Waals surface area contributed by atoms with Crippen LogP contribution in [0.5, 0.6) is 0 Å². The minimum atomic E-state index is -4.63. The number of phosphoric ester groups is 1. The van der Waals surface area contributed by atoms with Crippen LogP contribution in [0.15, 0.2) is 0 Å². The zero-order valence-corrected chi connectivity index (χ0v) is 47.0. The second-order valence-corrected chi connectivity index (χ2v) is 23.1. The molecule has 0 saturated heterocycles. The van der Waals surface area contributed by atoms with E-state index in [0.29, 0.717) is 17.4 Å². The molecule has 0 amide bonds. The number of quaternary nitrogens is 1.